The Kier molecular flexibility index (Phi) is 6.28. The van der Waals surface area contributed by atoms with Crippen LogP contribution in [0.5, 0.6) is 11.5 Å². The fraction of sp³-hybridized carbons (Fsp3) is 0.370. The number of H-pyrrole nitrogens is 1. The molecule has 176 valence electrons. The van der Waals surface area contributed by atoms with Gasteiger partial charge in [-0.15, -0.1) is 0 Å². The summed E-state index contributed by atoms with van der Waals surface area (Å²) in [5.41, 5.74) is 1.85. The predicted octanol–water partition coefficient (Wildman–Crippen LogP) is 6.01. The van der Waals surface area contributed by atoms with Crippen LogP contribution in [0, 0.1) is 23.1 Å². The Morgan fingerprint density at radius 3 is 2.53 bits per heavy atom. The van der Waals surface area contributed by atoms with Crippen molar-refractivity contribution in [2.75, 3.05) is 0 Å². The minimum absolute atomic E-state index is 0.0403. The summed E-state index contributed by atoms with van der Waals surface area (Å²) in [6.07, 6.45) is 5.42. The van der Waals surface area contributed by atoms with Crippen LogP contribution in [-0.2, 0) is 0 Å². The quantitative estimate of drug-likeness (QED) is 0.440. The third kappa shape index (κ3) is 5.18. The summed E-state index contributed by atoms with van der Waals surface area (Å²) in [6, 6.07) is 11.5. The zero-order valence-corrected chi connectivity index (χ0v) is 19.9. The summed E-state index contributed by atoms with van der Waals surface area (Å²) >= 11 is 0. The second-order valence-electron chi connectivity index (χ2n) is 10.3. The Morgan fingerprint density at radius 2 is 1.91 bits per heavy atom. The lowest BCUT2D eigenvalue weighted by atomic mass is 9.74. The number of aromatic nitrogens is 2. The Balaban J connectivity index is 1.52. The number of piperidine rings is 1. The lowest BCUT2D eigenvalue weighted by Crippen LogP contribution is -2.57. The molecular weight excluding hydrogens is 431 g/mol. The molecule has 3 aromatic rings. The lowest BCUT2D eigenvalue weighted by Gasteiger charge is -2.46. The number of nitriles is 1. The molecule has 0 radical (unpaired) electrons. The number of nitrogens with zero attached hydrogens (tertiary/aromatic N) is 2. The average molecular weight is 461 g/mol. The second kappa shape index (κ2) is 9.03. The van der Waals surface area contributed by atoms with Crippen LogP contribution in [-0.4, -0.2) is 27.1 Å². The molecule has 0 unspecified atom stereocenters. The maximum atomic E-state index is 14.9. The van der Waals surface area contributed by atoms with Crippen LogP contribution in [0.4, 0.5) is 4.39 Å². The minimum Gasteiger partial charge on any atom is -0.453 e. The molecule has 0 bridgehead atoms. The van der Waals surface area contributed by atoms with Crippen LogP contribution >= 0.6 is 0 Å². The number of hydrogen-bond acceptors (Lipinski definition) is 5. The van der Waals surface area contributed by atoms with Gasteiger partial charge in [-0.2, -0.15) is 10.4 Å². The molecule has 7 heteroatoms. The molecule has 1 aliphatic rings. The van der Waals surface area contributed by atoms with Crippen LogP contribution in [0.3, 0.4) is 0 Å². The van der Waals surface area contributed by atoms with Crippen molar-refractivity contribution in [3.05, 3.63) is 65.7 Å². The SMILES string of the molecule is CC1(C)CC(CC(=O)c2ccc(Oc3cccc(-c4cn[nH]c4)c3C#N)c(F)c2)CC(C)(C)N1. The van der Waals surface area contributed by atoms with Gasteiger partial charge in [-0.1, -0.05) is 12.1 Å². The van der Waals surface area contributed by atoms with Gasteiger partial charge in [0.1, 0.15) is 17.4 Å². The second-order valence-corrected chi connectivity index (χ2v) is 10.3. The van der Waals surface area contributed by atoms with E-state index in [0.29, 0.717) is 17.5 Å². The summed E-state index contributed by atoms with van der Waals surface area (Å²) in [4.78, 5) is 13.0. The predicted molar refractivity (Wildman–Crippen MR) is 128 cm³/mol. The summed E-state index contributed by atoms with van der Waals surface area (Å²) in [7, 11) is 0. The number of rotatable bonds is 6. The molecule has 0 atom stereocenters. The van der Waals surface area contributed by atoms with Crippen molar-refractivity contribution in [1.82, 2.24) is 15.5 Å². The molecule has 1 aliphatic heterocycles. The Labute approximate surface area is 199 Å². The molecule has 2 N–H and O–H groups in total. The van der Waals surface area contributed by atoms with Gasteiger partial charge < -0.3 is 10.1 Å². The highest BCUT2D eigenvalue weighted by atomic mass is 19.1. The van der Waals surface area contributed by atoms with Crippen molar-refractivity contribution in [1.29, 1.82) is 5.26 Å². The molecular formula is C27H29FN4O2. The molecule has 0 saturated carbocycles. The number of nitrogens with one attached hydrogen (secondary N) is 2. The van der Waals surface area contributed by atoms with Gasteiger partial charge in [0.15, 0.2) is 17.3 Å². The zero-order valence-electron chi connectivity index (χ0n) is 19.9. The Morgan fingerprint density at radius 1 is 1.18 bits per heavy atom. The molecule has 0 amide bonds. The van der Waals surface area contributed by atoms with Crippen LogP contribution in [0.25, 0.3) is 11.1 Å². The van der Waals surface area contributed by atoms with E-state index in [1.807, 2.05) is 0 Å². The first kappa shape index (κ1) is 23.7. The van der Waals surface area contributed by atoms with Crippen molar-refractivity contribution in [2.24, 2.45) is 5.92 Å². The zero-order chi connectivity index (χ0) is 24.5. The average Bonchev–Trinajstić information content (AvgIpc) is 3.27. The summed E-state index contributed by atoms with van der Waals surface area (Å²) in [6.45, 7) is 8.59. The molecule has 4 rings (SSSR count). The van der Waals surface area contributed by atoms with Gasteiger partial charge >= 0.3 is 0 Å². The van der Waals surface area contributed by atoms with Gasteiger partial charge in [-0.05, 0) is 70.7 Å². The van der Waals surface area contributed by atoms with E-state index in [9.17, 15) is 14.4 Å². The van der Waals surface area contributed by atoms with Crippen LogP contribution in [0.15, 0.2) is 48.8 Å². The topological polar surface area (TPSA) is 90.8 Å². The van der Waals surface area contributed by atoms with Crippen molar-refractivity contribution < 1.29 is 13.9 Å². The fourth-order valence-electron chi connectivity index (χ4n) is 5.30. The van der Waals surface area contributed by atoms with E-state index >= 15 is 0 Å². The fourth-order valence-corrected chi connectivity index (χ4v) is 5.30. The van der Waals surface area contributed by atoms with Gasteiger partial charge in [0.2, 0.25) is 0 Å². The largest absolute Gasteiger partial charge is 0.453 e. The van der Waals surface area contributed by atoms with Gasteiger partial charge in [-0.3, -0.25) is 9.89 Å². The number of ketones is 1. The van der Waals surface area contributed by atoms with Gasteiger partial charge in [0.25, 0.3) is 0 Å². The Bertz CT molecular complexity index is 1230. The molecule has 2 heterocycles. The van der Waals surface area contributed by atoms with Crippen LogP contribution < -0.4 is 10.1 Å². The number of benzene rings is 2. The van der Waals surface area contributed by atoms with E-state index in [1.165, 1.54) is 12.1 Å². The number of aromatic amines is 1. The molecule has 2 aromatic carbocycles. The molecule has 1 fully saturated rings. The molecule has 6 nitrogen and oxygen atoms in total. The first-order valence-corrected chi connectivity index (χ1v) is 11.4. The van der Waals surface area contributed by atoms with Crippen LogP contribution in [0.2, 0.25) is 0 Å². The highest BCUT2D eigenvalue weighted by molar-refractivity contribution is 5.96. The molecule has 0 spiro atoms. The third-order valence-electron chi connectivity index (χ3n) is 6.17. The minimum atomic E-state index is -0.644. The summed E-state index contributed by atoms with van der Waals surface area (Å²) < 4.78 is 20.7. The molecule has 0 aliphatic carbocycles. The normalized spacial score (nSPS) is 17.2. The maximum Gasteiger partial charge on any atom is 0.166 e. The number of halogens is 1. The van der Waals surface area contributed by atoms with Gasteiger partial charge in [-0.25, -0.2) is 4.39 Å². The number of hydrogen-bond donors (Lipinski definition) is 2. The third-order valence-corrected chi connectivity index (χ3v) is 6.17. The van der Waals surface area contributed by atoms with Crippen LogP contribution in [0.1, 0.15) is 62.9 Å². The van der Waals surface area contributed by atoms with Crippen molar-refractivity contribution in [3.8, 4) is 28.7 Å². The van der Waals surface area contributed by atoms with E-state index in [2.05, 4.69) is 49.3 Å². The van der Waals surface area contributed by atoms with E-state index in [4.69, 9.17) is 4.74 Å². The highest BCUT2D eigenvalue weighted by Gasteiger charge is 2.38. The standard InChI is InChI=1S/C27H29FN4O2/c1-26(2)12-17(13-27(3,4)32-26)10-23(33)18-8-9-25(22(28)11-18)34-24-7-5-6-20(21(24)14-29)19-15-30-31-16-19/h5-9,11,15-17,32H,10,12-13H2,1-4H3,(H,30,31). The van der Waals surface area contributed by atoms with E-state index in [-0.39, 0.29) is 39.8 Å². The monoisotopic (exact) mass is 460 g/mol. The van der Waals surface area contributed by atoms with Gasteiger partial charge in [0.05, 0.1) is 6.20 Å². The molecule has 1 saturated heterocycles. The van der Waals surface area contributed by atoms with E-state index < -0.39 is 5.82 Å². The first-order valence-electron chi connectivity index (χ1n) is 11.4. The lowest BCUT2D eigenvalue weighted by molar-refractivity contribution is 0.0864. The van der Waals surface area contributed by atoms with Crippen molar-refractivity contribution in [3.63, 3.8) is 0 Å². The summed E-state index contributed by atoms with van der Waals surface area (Å²) in [5, 5.41) is 19.9. The number of carbonyl (C=O) groups is 1. The Hall–Kier alpha value is -3.50. The first-order chi connectivity index (χ1) is 16.1. The molecule has 34 heavy (non-hydrogen) atoms. The maximum absolute atomic E-state index is 14.9. The highest BCUT2D eigenvalue weighted by Crippen LogP contribution is 2.36. The van der Waals surface area contributed by atoms with Crippen molar-refractivity contribution >= 4 is 5.78 Å². The number of Topliss-reactive ketones (excluding diaryl/α,β-unsaturated/α-hetero) is 1. The van der Waals surface area contributed by atoms with Gasteiger partial charge in [0, 0.05) is 40.4 Å². The number of ether oxygens (including phenoxy) is 1. The molecule has 1 aromatic heterocycles. The summed E-state index contributed by atoms with van der Waals surface area (Å²) in [5.74, 6) is -0.306. The van der Waals surface area contributed by atoms with E-state index in [0.717, 1.165) is 18.4 Å². The van der Waals surface area contributed by atoms with Crippen molar-refractivity contribution in [2.45, 2.75) is 58.0 Å². The van der Waals surface area contributed by atoms with E-state index in [1.54, 1.807) is 36.7 Å². The number of carbonyl (C=O) groups excluding carboxylic acids is 1. The smallest absolute Gasteiger partial charge is 0.166 e.